The molecule has 0 amide bonds. The van der Waals surface area contributed by atoms with Crippen LogP contribution >= 0.6 is 11.8 Å². The molecule has 4 heteroatoms. The van der Waals surface area contributed by atoms with E-state index in [0.717, 1.165) is 11.1 Å². The zero-order chi connectivity index (χ0) is 13.8. The summed E-state index contributed by atoms with van der Waals surface area (Å²) in [5, 5.41) is 0. The number of hydrogen-bond acceptors (Lipinski definition) is 3. The van der Waals surface area contributed by atoms with Gasteiger partial charge < -0.3 is 10.5 Å². The van der Waals surface area contributed by atoms with Crippen molar-refractivity contribution < 1.29 is 9.13 Å². The number of benzene rings is 2. The van der Waals surface area contributed by atoms with Gasteiger partial charge in [-0.05, 0) is 41.6 Å². The summed E-state index contributed by atoms with van der Waals surface area (Å²) in [4.78, 5) is 1.18. The van der Waals surface area contributed by atoms with Gasteiger partial charge in [0, 0.05) is 4.90 Å². The highest BCUT2D eigenvalue weighted by Crippen LogP contribution is 2.26. The van der Waals surface area contributed by atoms with Crippen molar-refractivity contribution in [1.82, 2.24) is 0 Å². The first-order chi connectivity index (χ1) is 9.15. The Morgan fingerprint density at radius 1 is 1.11 bits per heavy atom. The molecule has 2 aromatic rings. The van der Waals surface area contributed by atoms with Crippen LogP contribution in [-0.4, -0.2) is 13.4 Å². The molecule has 0 aromatic heterocycles. The molecule has 19 heavy (non-hydrogen) atoms. The van der Waals surface area contributed by atoms with Crippen LogP contribution in [0.25, 0.3) is 0 Å². The van der Waals surface area contributed by atoms with Gasteiger partial charge in [-0.2, -0.15) is 0 Å². The van der Waals surface area contributed by atoms with Crippen molar-refractivity contribution in [2.75, 3.05) is 13.4 Å². The van der Waals surface area contributed by atoms with Crippen LogP contribution in [0.2, 0.25) is 0 Å². The monoisotopic (exact) mass is 277 g/mol. The standard InChI is InChI=1S/C15H16FNOS/c1-18-14-8-5-11(9-13(14)16)15(17)10-3-6-12(19-2)7-4-10/h3-9,15H,17H2,1-2H3. The van der Waals surface area contributed by atoms with Crippen molar-refractivity contribution >= 4 is 11.8 Å². The zero-order valence-corrected chi connectivity index (χ0v) is 11.7. The van der Waals surface area contributed by atoms with Crippen LogP contribution in [0.3, 0.4) is 0 Å². The number of hydrogen-bond donors (Lipinski definition) is 1. The second kappa shape index (κ2) is 6.08. The van der Waals surface area contributed by atoms with Gasteiger partial charge in [-0.15, -0.1) is 11.8 Å². The molecule has 0 aliphatic carbocycles. The molecule has 0 aliphatic heterocycles. The smallest absolute Gasteiger partial charge is 0.165 e. The van der Waals surface area contributed by atoms with Crippen LogP contribution in [0.1, 0.15) is 17.2 Å². The van der Waals surface area contributed by atoms with Crippen LogP contribution < -0.4 is 10.5 Å². The lowest BCUT2D eigenvalue weighted by atomic mass is 9.99. The number of rotatable bonds is 4. The first-order valence-corrected chi connectivity index (χ1v) is 7.11. The van der Waals surface area contributed by atoms with Crippen LogP contribution in [0.4, 0.5) is 4.39 Å². The first kappa shape index (κ1) is 13.9. The summed E-state index contributed by atoms with van der Waals surface area (Å²) in [5.41, 5.74) is 7.85. The van der Waals surface area contributed by atoms with Gasteiger partial charge in [-0.25, -0.2) is 4.39 Å². The van der Waals surface area contributed by atoms with Gasteiger partial charge in [0.15, 0.2) is 11.6 Å². The third-order valence-electron chi connectivity index (χ3n) is 3.01. The average molecular weight is 277 g/mol. The largest absolute Gasteiger partial charge is 0.494 e. The molecule has 2 N–H and O–H groups in total. The van der Waals surface area contributed by atoms with Gasteiger partial charge in [0.1, 0.15) is 0 Å². The van der Waals surface area contributed by atoms with Crippen LogP contribution in [0.15, 0.2) is 47.4 Å². The molecular weight excluding hydrogens is 261 g/mol. The molecule has 0 aliphatic rings. The highest BCUT2D eigenvalue weighted by Gasteiger charge is 2.12. The number of methoxy groups -OCH3 is 1. The summed E-state index contributed by atoms with van der Waals surface area (Å²) >= 11 is 1.68. The summed E-state index contributed by atoms with van der Waals surface area (Å²) in [7, 11) is 1.44. The molecule has 0 radical (unpaired) electrons. The summed E-state index contributed by atoms with van der Waals surface area (Å²) in [6.07, 6.45) is 2.02. The molecule has 0 heterocycles. The second-order valence-corrected chi connectivity index (χ2v) is 5.02. The minimum atomic E-state index is -0.392. The molecule has 0 fully saturated rings. The van der Waals surface area contributed by atoms with E-state index in [4.69, 9.17) is 10.5 Å². The Bertz CT molecular complexity index is 557. The van der Waals surface area contributed by atoms with Gasteiger partial charge in [-0.3, -0.25) is 0 Å². The fraction of sp³-hybridized carbons (Fsp3) is 0.200. The fourth-order valence-corrected chi connectivity index (χ4v) is 2.29. The van der Waals surface area contributed by atoms with Crippen molar-refractivity contribution in [3.05, 3.63) is 59.4 Å². The maximum Gasteiger partial charge on any atom is 0.165 e. The summed E-state index contributed by atoms with van der Waals surface area (Å²) in [5.74, 6) is -0.162. The molecule has 100 valence electrons. The van der Waals surface area contributed by atoms with E-state index in [9.17, 15) is 4.39 Å². The van der Waals surface area contributed by atoms with E-state index in [-0.39, 0.29) is 11.8 Å². The highest BCUT2D eigenvalue weighted by molar-refractivity contribution is 7.98. The Hall–Kier alpha value is -1.52. The van der Waals surface area contributed by atoms with E-state index in [1.807, 2.05) is 30.5 Å². The highest BCUT2D eigenvalue weighted by atomic mass is 32.2. The van der Waals surface area contributed by atoms with Gasteiger partial charge >= 0.3 is 0 Å². The molecule has 0 saturated carbocycles. The molecule has 1 unspecified atom stereocenters. The molecule has 0 saturated heterocycles. The van der Waals surface area contributed by atoms with E-state index in [1.54, 1.807) is 23.9 Å². The van der Waals surface area contributed by atoms with Crippen LogP contribution in [0, 0.1) is 5.82 Å². The third-order valence-corrected chi connectivity index (χ3v) is 3.75. The fourth-order valence-electron chi connectivity index (χ4n) is 1.88. The SMILES string of the molecule is COc1ccc(C(N)c2ccc(SC)cc2)cc1F. The first-order valence-electron chi connectivity index (χ1n) is 5.88. The van der Waals surface area contributed by atoms with Crippen molar-refractivity contribution in [3.8, 4) is 5.75 Å². The average Bonchev–Trinajstić information content (AvgIpc) is 2.46. The Morgan fingerprint density at radius 3 is 2.26 bits per heavy atom. The van der Waals surface area contributed by atoms with E-state index < -0.39 is 5.82 Å². The topological polar surface area (TPSA) is 35.2 Å². The minimum absolute atomic E-state index is 0.230. The Kier molecular flexibility index (Phi) is 4.45. The number of nitrogens with two attached hydrogens (primary N) is 1. The van der Waals surface area contributed by atoms with Gasteiger partial charge in [0.05, 0.1) is 13.2 Å². The van der Waals surface area contributed by atoms with Gasteiger partial charge in [-0.1, -0.05) is 18.2 Å². The predicted molar refractivity (Wildman–Crippen MR) is 77.2 cm³/mol. The third kappa shape index (κ3) is 3.08. The summed E-state index contributed by atoms with van der Waals surface area (Å²) in [6, 6.07) is 12.4. The lowest BCUT2D eigenvalue weighted by Crippen LogP contribution is -2.12. The molecule has 2 aromatic carbocycles. The van der Waals surface area contributed by atoms with E-state index in [0.29, 0.717) is 0 Å². The van der Waals surface area contributed by atoms with Crippen molar-refractivity contribution in [3.63, 3.8) is 0 Å². The zero-order valence-electron chi connectivity index (χ0n) is 10.9. The van der Waals surface area contributed by atoms with Crippen molar-refractivity contribution in [2.45, 2.75) is 10.9 Å². The Morgan fingerprint density at radius 2 is 1.74 bits per heavy atom. The molecule has 2 rings (SSSR count). The minimum Gasteiger partial charge on any atom is -0.494 e. The molecule has 0 spiro atoms. The van der Waals surface area contributed by atoms with Gasteiger partial charge in [0.25, 0.3) is 0 Å². The predicted octanol–water partition coefficient (Wildman–Crippen LogP) is 3.60. The Labute approximate surface area is 116 Å². The summed E-state index contributed by atoms with van der Waals surface area (Å²) in [6.45, 7) is 0. The second-order valence-electron chi connectivity index (χ2n) is 4.14. The Balaban J connectivity index is 2.27. The molecule has 0 bridgehead atoms. The maximum atomic E-state index is 13.7. The van der Waals surface area contributed by atoms with E-state index >= 15 is 0 Å². The number of halogens is 1. The van der Waals surface area contributed by atoms with Crippen molar-refractivity contribution in [1.29, 1.82) is 0 Å². The molecular formula is C15H16FNOS. The number of thioether (sulfide) groups is 1. The molecule has 2 nitrogen and oxygen atoms in total. The maximum absolute atomic E-state index is 13.7. The molecule has 1 atom stereocenters. The quantitative estimate of drug-likeness (QED) is 0.867. The number of ether oxygens (including phenoxy) is 1. The summed E-state index contributed by atoms with van der Waals surface area (Å²) < 4.78 is 18.6. The van der Waals surface area contributed by atoms with Gasteiger partial charge in [0.2, 0.25) is 0 Å². The van der Waals surface area contributed by atoms with Crippen LogP contribution in [-0.2, 0) is 0 Å². The van der Waals surface area contributed by atoms with Crippen LogP contribution in [0.5, 0.6) is 5.75 Å². The lowest BCUT2D eigenvalue weighted by Gasteiger charge is -2.14. The van der Waals surface area contributed by atoms with Crippen molar-refractivity contribution in [2.24, 2.45) is 5.73 Å². The normalized spacial score (nSPS) is 12.2. The van der Waals surface area contributed by atoms with E-state index in [1.165, 1.54) is 18.1 Å². The van der Waals surface area contributed by atoms with E-state index in [2.05, 4.69) is 0 Å². The lowest BCUT2D eigenvalue weighted by molar-refractivity contribution is 0.386.